The SMILES string of the molecule is NC(=O)c1cc(-c2cnn(C3CCOCC3)c2)nc2c(N[C@@H]3CNC[C@@H](F)C3)ncnc12. The van der Waals surface area contributed by atoms with Crippen LogP contribution in [0.5, 0.6) is 0 Å². The van der Waals surface area contributed by atoms with Crippen LogP contribution in [-0.2, 0) is 4.74 Å². The summed E-state index contributed by atoms with van der Waals surface area (Å²) in [5, 5.41) is 10.8. The minimum atomic E-state index is -0.935. The van der Waals surface area contributed by atoms with Gasteiger partial charge in [0, 0.05) is 50.5 Å². The molecular weight excluding hydrogens is 415 g/mol. The molecule has 2 atom stereocenters. The molecule has 10 nitrogen and oxygen atoms in total. The van der Waals surface area contributed by atoms with E-state index >= 15 is 0 Å². The third kappa shape index (κ3) is 4.13. The number of nitrogens with zero attached hydrogens (tertiary/aromatic N) is 5. The van der Waals surface area contributed by atoms with Gasteiger partial charge < -0.3 is 21.1 Å². The summed E-state index contributed by atoms with van der Waals surface area (Å²) in [6.45, 7) is 2.37. The third-order valence-electron chi connectivity index (χ3n) is 5.96. The van der Waals surface area contributed by atoms with E-state index in [0.717, 1.165) is 18.4 Å². The monoisotopic (exact) mass is 440 g/mol. The highest BCUT2D eigenvalue weighted by Crippen LogP contribution is 2.29. The summed E-state index contributed by atoms with van der Waals surface area (Å²) in [5.41, 5.74) is 7.99. The van der Waals surface area contributed by atoms with E-state index in [9.17, 15) is 9.18 Å². The third-order valence-corrected chi connectivity index (χ3v) is 5.96. The summed E-state index contributed by atoms with van der Waals surface area (Å²) in [5.74, 6) is -0.166. The van der Waals surface area contributed by atoms with Gasteiger partial charge in [-0.2, -0.15) is 5.10 Å². The molecule has 1 amide bonds. The van der Waals surface area contributed by atoms with Crippen molar-refractivity contribution < 1.29 is 13.9 Å². The highest BCUT2D eigenvalue weighted by molar-refractivity contribution is 6.06. The average molecular weight is 440 g/mol. The van der Waals surface area contributed by atoms with Gasteiger partial charge in [0.05, 0.1) is 23.5 Å². The Bertz CT molecular complexity index is 1130. The molecule has 11 heteroatoms. The van der Waals surface area contributed by atoms with E-state index in [-0.39, 0.29) is 17.6 Å². The Kier molecular flexibility index (Phi) is 5.66. The molecule has 0 saturated carbocycles. The van der Waals surface area contributed by atoms with Gasteiger partial charge in [0.2, 0.25) is 0 Å². The first-order valence-electron chi connectivity index (χ1n) is 10.8. The number of alkyl halides is 1. The van der Waals surface area contributed by atoms with Gasteiger partial charge in [0.1, 0.15) is 23.5 Å². The largest absolute Gasteiger partial charge is 0.381 e. The van der Waals surface area contributed by atoms with Gasteiger partial charge in [0.15, 0.2) is 5.82 Å². The Labute approximate surface area is 183 Å². The Morgan fingerprint density at radius 3 is 2.88 bits per heavy atom. The summed E-state index contributed by atoms with van der Waals surface area (Å²) in [4.78, 5) is 25.5. The van der Waals surface area contributed by atoms with E-state index in [1.807, 2.05) is 10.9 Å². The summed E-state index contributed by atoms with van der Waals surface area (Å²) in [7, 11) is 0. The first-order chi connectivity index (χ1) is 15.6. The number of rotatable bonds is 5. The second kappa shape index (κ2) is 8.75. The van der Waals surface area contributed by atoms with Gasteiger partial charge in [-0.05, 0) is 18.9 Å². The quantitative estimate of drug-likeness (QED) is 0.543. The maximum absolute atomic E-state index is 13.8. The van der Waals surface area contributed by atoms with E-state index in [4.69, 9.17) is 15.5 Å². The van der Waals surface area contributed by atoms with Crippen molar-refractivity contribution in [1.82, 2.24) is 30.0 Å². The van der Waals surface area contributed by atoms with Crippen LogP contribution in [0.25, 0.3) is 22.3 Å². The number of aromatic nitrogens is 5. The van der Waals surface area contributed by atoms with E-state index in [2.05, 4.69) is 25.7 Å². The zero-order valence-corrected chi connectivity index (χ0v) is 17.5. The Morgan fingerprint density at radius 1 is 1.25 bits per heavy atom. The van der Waals surface area contributed by atoms with Crippen molar-refractivity contribution in [2.45, 2.75) is 37.5 Å². The van der Waals surface area contributed by atoms with Crippen LogP contribution in [0.2, 0.25) is 0 Å². The molecule has 32 heavy (non-hydrogen) atoms. The number of hydrogen-bond donors (Lipinski definition) is 3. The molecule has 2 fully saturated rings. The molecule has 4 N–H and O–H groups in total. The molecule has 5 heterocycles. The first kappa shape index (κ1) is 20.7. The number of nitrogens with one attached hydrogen (secondary N) is 2. The fourth-order valence-electron chi connectivity index (χ4n) is 4.29. The second-order valence-electron chi connectivity index (χ2n) is 8.22. The topological polar surface area (TPSA) is 133 Å². The lowest BCUT2D eigenvalue weighted by atomic mass is 10.1. The standard InChI is InChI=1S/C21H25FN8O2/c22-13-5-14(9-24-8-13)28-21-19-18(25-11-26-21)16(20(23)31)6-17(29-19)12-7-27-30(10-12)15-1-3-32-4-2-15/h6-7,10-11,13-15,24H,1-5,8-9H2,(H2,23,31)(H,25,26,28)/t13-,14-/m0/s1. The van der Waals surface area contributed by atoms with Crippen LogP contribution in [0.1, 0.15) is 35.7 Å². The van der Waals surface area contributed by atoms with E-state index < -0.39 is 12.1 Å². The van der Waals surface area contributed by atoms with Crippen molar-refractivity contribution >= 4 is 22.8 Å². The lowest BCUT2D eigenvalue weighted by Crippen LogP contribution is -2.44. The minimum absolute atomic E-state index is 0.157. The van der Waals surface area contributed by atoms with Gasteiger partial charge in [-0.1, -0.05) is 0 Å². The Balaban J connectivity index is 1.53. The highest BCUT2D eigenvalue weighted by atomic mass is 19.1. The maximum Gasteiger partial charge on any atom is 0.251 e. The molecule has 0 aromatic carbocycles. The molecule has 0 radical (unpaired) electrons. The number of halogens is 1. The summed E-state index contributed by atoms with van der Waals surface area (Å²) in [6, 6.07) is 1.74. The molecule has 5 rings (SSSR count). The van der Waals surface area contributed by atoms with Crippen molar-refractivity contribution in [3.63, 3.8) is 0 Å². The summed E-state index contributed by atoms with van der Waals surface area (Å²) in [6.07, 6.45) is 6.21. The van der Waals surface area contributed by atoms with Crippen LogP contribution >= 0.6 is 0 Å². The van der Waals surface area contributed by atoms with E-state index in [1.165, 1.54) is 6.33 Å². The van der Waals surface area contributed by atoms with Gasteiger partial charge in [-0.25, -0.2) is 19.3 Å². The number of anilines is 1. The molecule has 2 saturated heterocycles. The maximum atomic E-state index is 13.8. The van der Waals surface area contributed by atoms with Crippen LogP contribution in [-0.4, -0.2) is 69.2 Å². The predicted molar refractivity (Wildman–Crippen MR) is 116 cm³/mol. The number of pyridine rings is 1. The number of ether oxygens (including phenoxy) is 1. The molecule has 3 aromatic heterocycles. The zero-order valence-electron chi connectivity index (χ0n) is 17.5. The van der Waals surface area contributed by atoms with Gasteiger partial charge in [-0.15, -0.1) is 0 Å². The number of piperidine rings is 1. The van der Waals surface area contributed by atoms with Crippen LogP contribution in [0, 0.1) is 0 Å². The molecule has 0 bridgehead atoms. The molecule has 0 spiro atoms. The molecule has 2 aliphatic heterocycles. The van der Waals surface area contributed by atoms with Crippen LogP contribution in [0.3, 0.4) is 0 Å². The normalized spacial score (nSPS) is 22.2. The van der Waals surface area contributed by atoms with Crippen molar-refractivity contribution in [2.75, 3.05) is 31.6 Å². The lowest BCUT2D eigenvalue weighted by Gasteiger charge is -2.27. The highest BCUT2D eigenvalue weighted by Gasteiger charge is 2.24. The Morgan fingerprint density at radius 2 is 2.09 bits per heavy atom. The number of carbonyl (C=O) groups excluding carboxylic acids is 1. The fraction of sp³-hybridized carbons (Fsp3) is 0.476. The molecule has 168 valence electrons. The number of nitrogens with two attached hydrogens (primary N) is 1. The van der Waals surface area contributed by atoms with Crippen LogP contribution in [0.4, 0.5) is 10.2 Å². The molecule has 2 aliphatic rings. The smallest absolute Gasteiger partial charge is 0.251 e. The second-order valence-corrected chi connectivity index (χ2v) is 8.22. The minimum Gasteiger partial charge on any atom is -0.381 e. The van der Waals surface area contributed by atoms with Crippen LogP contribution < -0.4 is 16.4 Å². The van der Waals surface area contributed by atoms with Crippen molar-refractivity contribution in [2.24, 2.45) is 5.73 Å². The number of carbonyl (C=O) groups is 1. The summed E-state index contributed by atoms with van der Waals surface area (Å²) >= 11 is 0. The predicted octanol–water partition coefficient (Wildman–Crippen LogP) is 1.45. The zero-order chi connectivity index (χ0) is 22.1. The van der Waals surface area contributed by atoms with Gasteiger partial charge in [-0.3, -0.25) is 9.48 Å². The van der Waals surface area contributed by atoms with Crippen molar-refractivity contribution in [3.05, 3.63) is 30.4 Å². The van der Waals surface area contributed by atoms with Crippen molar-refractivity contribution in [1.29, 1.82) is 0 Å². The Hall–Kier alpha value is -3.18. The molecule has 3 aromatic rings. The summed E-state index contributed by atoms with van der Waals surface area (Å²) < 4.78 is 21.2. The fourth-order valence-corrected chi connectivity index (χ4v) is 4.29. The van der Waals surface area contributed by atoms with Gasteiger partial charge in [0.25, 0.3) is 5.91 Å². The van der Waals surface area contributed by atoms with Crippen LogP contribution in [0.15, 0.2) is 24.8 Å². The number of amides is 1. The molecule has 0 unspecified atom stereocenters. The number of primary amides is 1. The molecular formula is C21H25FN8O2. The van der Waals surface area contributed by atoms with E-state index in [1.54, 1.807) is 12.3 Å². The van der Waals surface area contributed by atoms with E-state index in [0.29, 0.717) is 55.3 Å². The molecule has 0 aliphatic carbocycles. The lowest BCUT2D eigenvalue weighted by molar-refractivity contribution is 0.0662. The van der Waals surface area contributed by atoms with Crippen molar-refractivity contribution in [3.8, 4) is 11.3 Å². The van der Waals surface area contributed by atoms with Gasteiger partial charge >= 0.3 is 0 Å². The number of hydrogen-bond acceptors (Lipinski definition) is 8. The first-order valence-corrected chi connectivity index (χ1v) is 10.8. The number of fused-ring (bicyclic) bond motifs is 1. The average Bonchev–Trinajstić information content (AvgIpc) is 3.30.